The van der Waals surface area contributed by atoms with Gasteiger partial charge in [0.1, 0.15) is 6.61 Å². The van der Waals surface area contributed by atoms with Crippen molar-refractivity contribution in [3.63, 3.8) is 0 Å². The number of rotatable bonds is 0. The maximum absolute atomic E-state index is 11.3. The normalized spacial score (nSPS) is 15.6. The molecule has 1 N–H and O–H groups in total. The van der Waals surface area contributed by atoms with Crippen molar-refractivity contribution in [3.05, 3.63) is 20.9 Å². The Morgan fingerprint density at radius 2 is 2.31 bits per heavy atom. The number of aromatic hydroxyl groups is 1. The smallest absolute Gasteiger partial charge is 0.224 e. The zero-order chi connectivity index (χ0) is 9.42. The Balaban J connectivity index is 2.58. The van der Waals surface area contributed by atoms with Gasteiger partial charge in [-0.1, -0.05) is 0 Å². The maximum Gasteiger partial charge on any atom is 0.224 e. The Labute approximate surface area is 88.1 Å². The Kier molecular flexibility index (Phi) is 2.20. The summed E-state index contributed by atoms with van der Waals surface area (Å²) in [4.78, 5) is 15.2. The first-order chi connectivity index (χ1) is 6.18. The Bertz CT molecular complexity index is 378. The molecule has 4 nitrogen and oxygen atoms in total. The van der Waals surface area contributed by atoms with Gasteiger partial charge in [-0.15, -0.1) is 0 Å². The van der Waals surface area contributed by atoms with Gasteiger partial charge in [0.2, 0.25) is 5.88 Å². The number of halogens is 1. The van der Waals surface area contributed by atoms with Crippen molar-refractivity contribution in [1.29, 1.82) is 0 Å². The van der Waals surface area contributed by atoms with E-state index in [0.29, 0.717) is 21.4 Å². The molecule has 0 aromatic carbocycles. The molecule has 2 rings (SSSR count). The van der Waals surface area contributed by atoms with Crippen LogP contribution >= 0.6 is 22.6 Å². The number of aromatic nitrogens is 1. The molecule has 0 fully saturated rings. The molecule has 68 valence electrons. The minimum atomic E-state index is -0.0772. The van der Waals surface area contributed by atoms with Crippen LogP contribution in [0.3, 0.4) is 0 Å². The molecule has 1 aliphatic rings. The van der Waals surface area contributed by atoms with Crippen molar-refractivity contribution in [1.82, 2.24) is 4.98 Å². The Hall–Kier alpha value is -0.690. The van der Waals surface area contributed by atoms with Crippen molar-refractivity contribution in [3.8, 4) is 5.88 Å². The molecule has 1 aliphatic heterocycles. The minimum Gasteiger partial charge on any atom is -0.493 e. The zero-order valence-corrected chi connectivity index (χ0v) is 8.74. The van der Waals surface area contributed by atoms with Crippen molar-refractivity contribution in [2.24, 2.45) is 0 Å². The third-order valence-corrected chi connectivity index (χ3v) is 2.60. The fraction of sp³-hybridized carbons (Fsp3) is 0.250. The number of carbonyl (C=O) groups excluding carboxylic acids is 1. The summed E-state index contributed by atoms with van der Waals surface area (Å²) in [7, 11) is 0. The van der Waals surface area contributed by atoms with Crippen LogP contribution in [-0.4, -0.2) is 22.5 Å². The van der Waals surface area contributed by atoms with Gasteiger partial charge in [0.05, 0.1) is 15.9 Å². The SMILES string of the molecule is O=C1COCc2nc(O)c(I)cc21. The second-order valence-electron chi connectivity index (χ2n) is 2.70. The Morgan fingerprint density at radius 3 is 3.08 bits per heavy atom. The van der Waals surface area contributed by atoms with Crippen LogP contribution in [0.2, 0.25) is 0 Å². The maximum atomic E-state index is 11.3. The summed E-state index contributed by atoms with van der Waals surface area (Å²) in [6.07, 6.45) is 0. The molecule has 0 aliphatic carbocycles. The second kappa shape index (κ2) is 3.22. The zero-order valence-electron chi connectivity index (χ0n) is 6.58. The second-order valence-corrected chi connectivity index (χ2v) is 3.87. The number of hydrogen-bond acceptors (Lipinski definition) is 4. The van der Waals surface area contributed by atoms with E-state index in [1.807, 2.05) is 22.6 Å². The van der Waals surface area contributed by atoms with Crippen LogP contribution in [0.1, 0.15) is 16.1 Å². The lowest BCUT2D eigenvalue weighted by Crippen LogP contribution is -2.19. The average Bonchev–Trinajstić information content (AvgIpc) is 2.09. The first kappa shape index (κ1) is 8.89. The summed E-state index contributed by atoms with van der Waals surface area (Å²) < 4.78 is 5.57. The highest BCUT2D eigenvalue weighted by molar-refractivity contribution is 14.1. The van der Waals surface area contributed by atoms with Crippen LogP contribution in [0, 0.1) is 3.57 Å². The van der Waals surface area contributed by atoms with Gasteiger partial charge in [-0.3, -0.25) is 4.79 Å². The van der Waals surface area contributed by atoms with Crippen LogP contribution in [0.4, 0.5) is 0 Å². The molecule has 0 amide bonds. The highest BCUT2D eigenvalue weighted by atomic mass is 127. The monoisotopic (exact) mass is 291 g/mol. The lowest BCUT2D eigenvalue weighted by Gasteiger charge is -2.14. The van der Waals surface area contributed by atoms with E-state index in [1.54, 1.807) is 6.07 Å². The van der Waals surface area contributed by atoms with Gasteiger partial charge in [-0.2, -0.15) is 0 Å². The van der Waals surface area contributed by atoms with E-state index in [2.05, 4.69) is 4.98 Å². The molecule has 0 radical (unpaired) electrons. The van der Waals surface area contributed by atoms with Gasteiger partial charge in [-0.25, -0.2) is 4.98 Å². The molecule has 0 saturated carbocycles. The number of hydrogen-bond donors (Lipinski definition) is 1. The van der Waals surface area contributed by atoms with Crippen LogP contribution in [0.5, 0.6) is 5.88 Å². The van der Waals surface area contributed by atoms with E-state index in [-0.39, 0.29) is 18.3 Å². The molecule has 13 heavy (non-hydrogen) atoms. The van der Waals surface area contributed by atoms with Crippen molar-refractivity contribution in [2.45, 2.75) is 6.61 Å². The molecule has 1 aromatic rings. The lowest BCUT2D eigenvalue weighted by atomic mass is 10.1. The Morgan fingerprint density at radius 1 is 1.54 bits per heavy atom. The average molecular weight is 291 g/mol. The number of pyridine rings is 1. The molecule has 0 unspecified atom stereocenters. The van der Waals surface area contributed by atoms with Crippen LogP contribution in [0.25, 0.3) is 0 Å². The summed E-state index contributed by atoms with van der Waals surface area (Å²) in [5.74, 6) is -0.121. The number of carbonyl (C=O) groups is 1. The molecular weight excluding hydrogens is 285 g/mol. The third-order valence-electron chi connectivity index (χ3n) is 1.81. The first-order valence-electron chi connectivity index (χ1n) is 3.68. The highest BCUT2D eigenvalue weighted by Crippen LogP contribution is 2.23. The van der Waals surface area contributed by atoms with Crippen LogP contribution in [-0.2, 0) is 11.3 Å². The first-order valence-corrected chi connectivity index (χ1v) is 4.75. The molecule has 0 spiro atoms. The number of ether oxygens (including phenoxy) is 1. The van der Waals surface area contributed by atoms with Gasteiger partial charge in [0.25, 0.3) is 0 Å². The quantitative estimate of drug-likeness (QED) is 0.727. The summed E-state index contributed by atoms with van der Waals surface area (Å²) in [5, 5.41) is 9.28. The van der Waals surface area contributed by atoms with E-state index in [1.165, 1.54) is 0 Å². The molecular formula is C8H6INO3. The molecule has 0 bridgehead atoms. The highest BCUT2D eigenvalue weighted by Gasteiger charge is 2.20. The van der Waals surface area contributed by atoms with E-state index in [9.17, 15) is 9.90 Å². The van der Waals surface area contributed by atoms with Crippen LogP contribution in [0.15, 0.2) is 6.07 Å². The molecule has 0 saturated heterocycles. The van der Waals surface area contributed by atoms with Gasteiger partial charge < -0.3 is 9.84 Å². The van der Waals surface area contributed by atoms with Gasteiger partial charge >= 0.3 is 0 Å². The molecule has 0 atom stereocenters. The van der Waals surface area contributed by atoms with Gasteiger partial charge in [-0.05, 0) is 28.7 Å². The standard InChI is InChI=1S/C8H6INO3/c9-5-1-4-6(10-8(5)12)2-13-3-7(4)11/h1H,2-3H2,(H,10,12). The van der Waals surface area contributed by atoms with E-state index in [4.69, 9.17) is 4.74 Å². The number of fused-ring (bicyclic) bond motifs is 1. The largest absolute Gasteiger partial charge is 0.493 e. The predicted octanol–water partition coefficient (Wildman–Crippen LogP) is 1.10. The fourth-order valence-electron chi connectivity index (χ4n) is 1.19. The molecule has 2 heterocycles. The van der Waals surface area contributed by atoms with Crippen molar-refractivity contribution in [2.75, 3.05) is 6.61 Å². The fourth-order valence-corrected chi connectivity index (χ4v) is 1.62. The number of ketones is 1. The van der Waals surface area contributed by atoms with Crippen molar-refractivity contribution >= 4 is 28.4 Å². The summed E-state index contributed by atoms with van der Waals surface area (Å²) in [6, 6.07) is 1.64. The number of Topliss-reactive ketones (excluding diaryl/α,β-unsaturated/α-hetero) is 1. The van der Waals surface area contributed by atoms with Gasteiger partial charge in [0.15, 0.2) is 5.78 Å². The summed E-state index contributed by atoms with van der Waals surface area (Å²) in [5.41, 5.74) is 1.09. The summed E-state index contributed by atoms with van der Waals surface area (Å²) >= 11 is 1.93. The van der Waals surface area contributed by atoms with Crippen molar-refractivity contribution < 1.29 is 14.6 Å². The third kappa shape index (κ3) is 1.53. The van der Waals surface area contributed by atoms with E-state index >= 15 is 0 Å². The summed E-state index contributed by atoms with van der Waals surface area (Å²) in [6.45, 7) is 0.404. The minimum absolute atomic E-state index is 0.0438. The van der Waals surface area contributed by atoms with Gasteiger partial charge in [0, 0.05) is 5.56 Å². The van der Waals surface area contributed by atoms with E-state index in [0.717, 1.165) is 0 Å². The topological polar surface area (TPSA) is 59.4 Å². The lowest BCUT2D eigenvalue weighted by molar-refractivity contribution is 0.0653. The molecule has 1 aromatic heterocycles. The molecule has 5 heteroatoms. The number of nitrogens with zero attached hydrogens (tertiary/aromatic N) is 1. The van der Waals surface area contributed by atoms with Crippen LogP contribution < -0.4 is 0 Å². The predicted molar refractivity (Wildman–Crippen MR) is 52.6 cm³/mol. The van der Waals surface area contributed by atoms with E-state index < -0.39 is 0 Å².